The van der Waals surface area contributed by atoms with Crippen molar-refractivity contribution in [2.75, 3.05) is 6.61 Å². The minimum atomic E-state index is 0.179. The summed E-state index contributed by atoms with van der Waals surface area (Å²) in [7, 11) is 0. The fourth-order valence-corrected chi connectivity index (χ4v) is 0.869. The molecule has 13 heavy (non-hydrogen) atoms. The maximum absolute atomic E-state index is 4.97. The maximum atomic E-state index is 4.97. The number of rotatable bonds is 3. The molecule has 0 aliphatic carbocycles. The van der Waals surface area contributed by atoms with Gasteiger partial charge in [0.15, 0.2) is 6.61 Å². The molecule has 1 radical (unpaired) electrons. The van der Waals surface area contributed by atoms with Gasteiger partial charge in [0.1, 0.15) is 6.21 Å². The number of aryl methyl sites for hydroxylation is 1. The SMILES string of the molecule is C#CCON=[C]c1cccc(C)c1. The third-order valence-corrected chi connectivity index (χ3v) is 1.41. The van der Waals surface area contributed by atoms with E-state index in [2.05, 4.69) is 17.3 Å². The third kappa shape index (κ3) is 3.44. The molecule has 0 bridgehead atoms. The highest BCUT2D eigenvalue weighted by Gasteiger charge is 1.88. The fraction of sp³-hybridized carbons (Fsp3) is 0.182. The maximum Gasteiger partial charge on any atom is 0.177 e. The molecule has 2 nitrogen and oxygen atoms in total. The quantitative estimate of drug-likeness (QED) is 0.295. The first kappa shape index (κ1) is 9.34. The van der Waals surface area contributed by atoms with Gasteiger partial charge in [-0.25, -0.2) is 0 Å². The van der Waals surface area contributed by atoms with Crippen molar-refractivity contribution < 1.29 is 4.84 Å². The lowest BCUT2D eigenvalue weighted by atomic mass is 10.2. The molecule has 0 atom stereocenters. The van der Waals surface area contributed by atoms with Gasteiger partial charge in [-0.2, -0.15) is 0 Å². The molecule has 1 aromatic carbocycles. The van der Waals surface area contributed by atoms with Gasteiger partial charge in [0.25, 0.3) is 0 Å². The van der Waals surface area contributed by atoms with Gasteiger partial charge >= 0.3 is 0 Å². The smallest absolute Gasteiger partial charge is 0.177 e. The molecular weight excluding hydrogens is 162 g/mol. The minimum Gasteiger partial charge on any atom is -0.382 e. The molecular formula is C11H10NO. The van der Waals surface area contributed by atoms with Crippen LogP contribution >= 0.6 is 0 Å². The first-order valence-electron chi connectivity index (χ1n) is 3.91. The largest absolute Gasteiger partial charge is 0.382 e. The lowest BCUT2D eigenvalue weighted by Crippen LogP contribution is -1.85. The summed E-state index contributed by atoms with van der Waals surface area (Å²) in [5.74, 6) is 2.31. The predicted octanol–water partition coefficient (Wildman–Crippen LogP) is 1.86. The molecule has 0 saturated carbocycles. The minimum absolute atomic E-state index is 0.179. The van der Waals surface area contributed by atoms with Crippen molar-refractivity contribution in [1.29, 1.82) is 0 Å². The van der Waals surface area contributed by atoms with E-state index in [1.165, 1.54) is 0 Å². The predicted molar refractivity (Wildman–Crippen MR) is 52.5 cm³/mol. The molecule has 65 valence electrons. The lowest BCUT2D eigenvalue weighted by Gasteiger charge is -1.93. The average Bonchev–Trinajstić information content (AvgIpc) is 2.13. The van der Waals surface area contributed by atoms with E-state index in [1.54, 1.807) is 0 Å². The standard InChI is InChI=1S/C11H10NO/c1-3-7-13-12-9-11-6-4-5-10(2)8-11/h1,4-6,8H,7H2,2H3. The zero-order valence-electron chi connectivity index (χ0n) is 7.45. The van der Waals surface area contributed by atoms with Crippen molar-refractivity contribution in [3.8, 4) is 12.3 Å². The van der Waals surface area contributed by atoms with E-state index in [1.807, 2.05) is 31.2 Å². The second kappa shape index (κ2) is 5.00. The fourth-order valence-electron chi connectivity index (χ4n) is 0.869. The highest BCUT2D eigenvalue weighted by atomic mass is 16.6. The summed E-state index contributed by atoms with van der Waals surface area (Å²) in [6.07, 6.45) is 7.70. The Kier molecular flexibility index (Phi) is 3.59. The third-order valence-electron chi connectivity index (χ3n) is 1.41. The Hall–Kier alpha value is -1.75. The van der Waals surface area contributed by atoms with Crippen LogP contribution in [0.2, 0.25) is 0 Å². The van der Waals surface area contributed by atoms with Gasteiger partial charge in [0.05, 0.1) is 0 Å². The van der Waals surface area contributed by atoms with Crippen LogP contribution in [0.5, 0.6) is 0 Å². The van der Waals surface area contributed by atoms with E-state index in [9.17, 15) is 0 Å². The second-order valence-electron chi connectivity index (χ2n) is 2.55. The van der Waals surface area contributed by atoms with Crippen LogP contribution < -0.4 is 0 Å². The Labute approximate surface area is 78.2 Å². The summed E-state index contributed by atoms with van der Waals surface area (Å²) in [5, 5.41) is 3.58. The van der Waals surface area contributed by atoms with Gasteiger partial charge in [-0.05, 0) is 13.0 Å². The van der Waals surface area contributed by atoms with Crippen molar-refractivity contribution in [2.24, 2.45) is 5.16 Å². The molecule has 0 unspecified atom stereocenters. The van der Waals surface area contributed by atoms with Crippen molar-refractivity contribution in [2.45, 2.75) is 6.92 Å². The number of nitrogens with zero attached hydrogens (tertiary/aromatic N) is 1. The molecule has 0 aliphatic heterocycles. The molecule has 0 fully saturated rings. The molecule has 0 heterocycles. The first-order chi connectivity index (χ1) is 6.33. The van der Waals surface area contributed by atoms with Crippen LogP contribution in [0.25, 0.3) is 0 Å². The van der Waals surface area contributed by atoms with Gasteiger partial charge in [0.2, 0.25) is 0 Å². The van der Waals surface area contributed by atoms with Crippen LogP contribution in [0.1, 0.15) is 11.1 Å². The summed E-state index contributed by atoms with van der Waals surface area (Å²) >= 11 is 0. The van der Waals surface area contributed by atoms with E-state index in [0.29, 0.717) is 0 Å². The highest BCUT2D eigenvalue weighted by Crippen LogP contribution is 2.00. The van der Waals surface area contributed by atoms with Gasteiger partial charge < -0.3 is 4.84 Å². The highest BCUT2D eigenvalue weighted by molar-refractivity contribution is 5.79. The summed E-state index contributed by atoms with van der Waals surface area (Å²) in [5.41, 5.74) is 2.05. The zero-order valence-corrected chi connectivity index (χ0v) is 7.45. The lowest BCUT2D eigenvalue weighted by molar-refractivity contribution is 0.181. The summed E-state index contributed by atoms with van der Waals surface area (Å²) < 4.78 is 0. The van der Waals surface area contributed by atoms with Crippen LogP contribution in [0.15, 0.2) is 29.4 Å². The van der Waals surface area contributed by atoms with Gasteiger partial charge in [-0.3, -0.25) is 0 Å². The monoisotopic (exact) mass is 172 g/mol. The van der Waals surface area contributed by atoms with E-state index >= 15 is 0 Å². The van der Waals surface area contributed by atoms with E-state index < -0.39 is 0 Å². The molecule has 1 aromatic rings. The number of terminal acetylenes is 1. The summed E-state index contributed by atoms with van der Waals surface area (Å²) in [4.78, 5) is 4.70. The van der Waals surface area contributed by atoms with Crippen LogP contribution in [0.3, 0.4) is 0 Å². The topological polar surface area (TPSA) is 21.6 Å². The van der Waals surface area contributed by atoms with E-state index in [-0.39, 0.29) is 6.61 Å². The Morgan fingerprint density at radius 1 is 1.54 bits per heavy atom. The van der Waals surface area contributed by atoms with Crippen molar-refractivity contribution in [3.63, 3.8) is 0 Å². The van der Waals surface area contributed by atoms with Crippen molar-refractivity contribution in [3.05, 3.63) is 35.4 Å². The van der Waals surface area contributed by atoms with E-state index in [4.69, 9.17) is 11.3 Å². The Balaban J connectivity index is 2.54. The van der Waals surface area contributed by atoms with E-state index in [0.717, 1.165) is 11.1 Å². The van der Waals surface area contributed by atoms with Gasteiger partial charge in [-0.1, -0.05) is 34.8 Å². The molecule has 0 aliphatic rings. The Morgan fingerprint density at radius 2 is 2.38 bits per heavy atom. The molecule has 0 amide bonds. The van der Waals surface area contributed by atoms with Gasteiger partial charge in [0, 0.05) is 5.56 Å². The average molecular weight is 172 g/mol. The van der Waals surface area contributed by atoms with Crippen LogP contribution in [-0.2, 0) is 4.84 Å². The summed E-state index contributed by atoms with van der Waals surface area (Å²) in [6, 6.07) is 7.81. The van der Waals surface area contributed by atoms with Crippen LogP contribution in [0, 0.1) is 19.3 Å². The number of benzene rings is 1. The molecule has 0 aromatic heterocycles. The van der Waals surface area contributed by atoms with Crippen molar-refractivity contribution in [1.82, 2.24) is 0 Å². The zero-order chi connectivity index (χ0) is 9.52. The van der Waals surface area contributed by atoms with Crippen LogP contribution in [0.4, 0.5) is 0 Å². The normalized spacial score (nSPS) is 9.85. The Morgan fingerprint density at radius 3 is 3.08 bits per heavy atom. The summed E-state index contributed by atoms with van der Waals surface area (Å²) in [6.45, 7) is 2.19. The molecule has 0 N–H and O–H groups in total. The Bertz CT molecular complexity index is 336. The van der Waals surface area contributed by atoms with Gasteiger partial charge in [-0.15, -0.1) is 6.42 Å². The first-order valence-corrected chi connectivity index (χ1v) is 3.91. The molecule has 0 spiro atoms. The number of hydrogen-bond acceptors (Lipinski definition) is 2. The molecule has 1 rings (SSSR count). The molecule has 2 heteroatoms. The molecule has 0 saturated heterocycles. The second-order valence-corrected chi connectivity index (χ2v) is 2.55. The number of hydrogen-bond donors (Lipinski definition) is 0. The van der Waals surface area contributed by atoms with Crippen LogP contribution in [-0.4, -0.2) is 12.8 Å². The van der Waals surface area contributed by atoms with Crippen molar-refractivity contribution >= 4 is 6.21 Å².